The number of anilines is 1. The molecule has 0 atom stereocenters. The molecule has 1 aromatic heterocycles. The van der Waals surface area contributed by atoms with Crippen LogP contribution in [0.15, 0.2) is 77.8 Å². The van der Waals surface area contributed by atoms with Crippen molar-refractivity contribution in [3.05, 3.63) is 95.8 Å². The van der Waals surface area contributed by atoms with Crippen LogP contribution < -0.4 is 10.1 Å². The molecule has 0 saturated carbocycles. The van der Waals surface area contributed by atoms with Crippen molar-refractivity contribution in [2.75, 3.05) is 11.1 Å². The summed E-state index contributed by atoms with van der Waals surface area (Å²) in [6.07, 6.45) is 1.72. The van der Waals surface area contributed by atoms with Gasteiger partial charge in [-0.1, -0.05) is 19.1 Å². The Balaban J connectivity index is 1.56. The predicted molar refractivity (Wildman–Crippen MR) is 131 cm³/mol. The minimum atomic E-state index is -3.32. The molecule has 0 fully saturated rings. The standard InChI is InChI=1S/C26H23F2N3O4S/c1-3-36(33,34)23-7-4-18(5-8-23)12-26(32)29-21-6-9-24(31-11-10-17(2)30-31)25(16-21)35-22-14-19(27)13-20(28)15-22/h4-11,13-16H,3,12H2,1-2H3,(H,29,32). The number of amides is 1. The van der Waals surface area contributed by atoms with Gasteiger partial charge >= 0.3 is 0 Å². The molecule has 1 amide bonds. The first kappa shape index (κ1) is 25.1. The van der Waals surface area contributed by atoms with Crippen LogP contribution in [-0.4, -0.2) is 29.9 Å². The Hall–Kier alpha value is -4.05. The lowest BCUT2D eigenvalue weighted by molar-refractivity contribution is -0.115. The Bertz CT molecular complexity index is 1500. The second kappa shape index (κ2) is 10.3. The van der Waals surface area contributed by atoms with Crippen LogP contribution in [0.1, 0.15) is 18.2 Å². The zero-order valence-electron chi connectivity index (χ0n) is 19.5. The Kier molecular flexibility index (Phi) is 7.16. The summed E-state index contributed by atoms with van der Waals surface area (Å²) in [7, 11) is -3.32. The number of hydrogen-bond acceptors (Lipinski definition) is 5. The maximum atomic E-state index is 13.7. The first-order valence-corrected chi connectivity index (χ1v) is 12.7. The van der Waals surface area contributed by atoms with Gasteiger partial charge in [0.1, 0.15) is 23.1 Å². The first-order chi connectivity index (χ1) is 17.1. The van der Waals surface area contributed by atoms with Crippen molar-refractivity contribution in [2.45, 2.75) is 25.2 Å². The van der Waals surface area contributed by atoms with E-state index in [1.54, 1.807) is 48.1 Å². The summed E-state index contributed by atoms with van der Waals surface area (Å²) in [5.74, 6) is -1.76. The monoisotopic (exact) mass is 511 g/mol. The number of halogens is 2. The molecule has 10 heteroatoms. The van der Waals surface area contributed by atoms with Gasteiger partial charge in [-0.15, -0.1) is 0 Å². The minimum absolute atomic E-state index is 0.00635. The van der Waals surface area contributed by atoms with Crippen molar-refractivity contribution in [1.29, 1.82) is 0 Å². The maximum Gasteiger partial charge on any atom is 0.228 e. The fraction of sp³-hybridized carbons (Fsp3) is 0.154. The smallest absolute Gasteiger partial charge is 0.228 e. The van der Waals surface area contributed by atoms with E-state index < -0.39 is 21.5 Å². The normalized spacial score (nSPS) is 11.3. The number of hydrogen-bond donors (Lipinski definition) is 1. The second-order valence-corrected chi connectivity index (χ2v) is 10.3. The number of aromatic nitrogens is 2. The van der Waals surface area contributed by atoms with Crippen molar-refractivity contribution < 1.29 is 26.7 Å². The molecule has 4 rings (SSSR count). The lowest BCUT2D eigenvalue weighted by atomic mass is 10.1. The largest absolute Gasteiger partial charge is 0.455 e. The van der Waals surface area contributed by atoms with Crippen LogP contribution in [0.4, 0.5) is 14.5 Å². The number of nitrogens with one attached hydrogen (secondary N) is 1. The van der Waals surface area contributed by atoms with E-state index in [0.29, 0.717) is 16.9 Å². The number of sulfone groups is 1. The summed E-state index contributed by atoms with van der Waals surface area (Å²) in [6, 6.07) is 15.6. The van der Waals surface area contributed by atoms with E-state index in [1.807, 2.05) is 6.92 Å². The number of carbonyl (C=O) groups is 1. The Morgan fingerprint density at radius 2 is 1.69 bits per heavy atom. The second-order valence-electron chi connectivity index (χ2n) is 8.06. The average Bonchev–Trinajstić information content (AvgIpc) is 3.25. The maximum absolute atomic E-state index is 13.7. The van der Waals surface area contributed by atoms with Crippen molar-refractivity contribution >= 4 is 21.4 Å². The molecule has 0 aliphatic rings. The van der Waals surface area contributed by atoms with Gasteiger partial charge in [0.15, 0.2) is 15.6 Å². The SMILES string of the molecule is CCS(=O)(=O)c1ccc(CC(=O)Nc2ccc(-n3ccc(C)n3)c(Oc3cc(F)cc(F)c3)c2)cc1. The van der Waals surface area contributed by atoms with Gasteiger partial charge in [0, 0.05) is 36.1 Å². The summed E-state index contributed by atoms with van der Waals surface area (Å²) < 4.78 is 58.7. The highest BCUT2D eigenvalue weighted by Gasteiger charge is 2.14. The van der Waals surface area contributed by atoms with Crippen LogP contribution in [0.5, 0.6) is 11.5 Å². The van der Waals surface area contributed by atoms with Crippen LogP contribution in [-0.2, 0) is 21.1 Å². The summed E-state index contributed by atoms with van der Waals surface area (Å²) >= 11 is 0. The number of benzene rings is 3. The lowest BCUT2D eigenvalue weighted by Gasteiger charge is -2.14. The zero-order valence-corrected chi connectivity index (χ0v) is 20.4. The van der Waals surface area contributed by atoms with Crippen LogP contribution >= 0.6 is 0 Å². The Morgan fingerprint density at radius 3 is 2.31 bits per heavy atom. The summed E-state index contributed by atoms with van der Waals surface area (Å²) in [6.45, 7) is 3.38. The average molecular weight is 512 g/mol. The van der Waals surface area contributed by atoms with Gasteiger partial charge in [0.05, 0.1) is 22.8 Å². The molecule has 1 heterocycles. The van der Waals surface area contributed by atoms with Gasteiger partial charge in [0.25, 0.3) is 0 Å². The van der Waals surface area contributed by atoms with Gasteiger partial charge in [-0.05, 0) is 42.8 Å². The van der Waals surface area contributed by atoms with Crippen LogP contribution in [0.3, 0.4) is 0 Å². The highest BCUT2D eigenvalue weighted by atomic mass is 32.2. The van der Waals surface area contributed by atoms with E-state index in [4.69, 9.17) is 4.74 Å². The third-order valence-corrected chi connectivity index (χ3v) is 7.05. The molecule has 4 aromatic rings. The Morgan fingerprint density at radius 1 is 1.00 bits per heavy atom. The molecule has 0 radical (unpaired) electrons. The Labute approximate surface area is 207 Å². The molecule has 36 heavy (non-hydrogen) atoms. The number of ether oxygens (including phenoxy) is 1. The van der Waals surface area contributed by atoms with E-state index in [1.165, 1.54) is 18.2 Å². The van der Waals surface area contributed by atoms with Crippen LogP contribution in [0, 0.1) is 18.6 Å². The molecular weight excluding hydrogens is 488 g/mol. The molecule has 3 aromatic carbocycles. The van der Waals surface area contributed by atoms with E-state index in [9.17, 15) is 22.0 Å². The van der Waals surface area contributed by atoms with E-state index >= 15 is 0 Å². The molecule has 0 aliphatic heterocycles. The third-order valence-electron chi connectivity index (χ3n) is 5.30. The van der Waals surface area contributed by atoms with Crippen LogP contribution in [0.2, 0.25) is 0 Å². The topological polar surface area (TPSA) is 90.3 Å². The van der Waals surface area contributed by atoms with E-state index in [2.05, 4.69) is 10.4 Å². The number of rotatable bonds is 8. The molecule has 0 spiro atoms. The molecule has 7 nitrogen and oxygen atoms in total. The van der Waals surface area contributed by atoms with Gasteiger partial charge in [-0.3, -0.25) is 4.79 Å². The van der Waals surface area contributed by atoms with Crippen molar-refractivity contribution in [1.82, 2.24) is 9.78 Å². The van der Waals surface area contributed by atoms with Crippen molar-refractivity contribution in [3.63, 3.8) is 0 Å². The van der Waals surface area contributed by atoms with Gasteiger partial charge in [-0.25, -0.2) is 21.9 Å². The quantitative estimate of drug-likeness (QED) is 0.350. The number of aryl methyl sites for hydroxylation is 1. The summed E-state index contributed by atoms with van der Waals surface area (Å²) in [5.41, 5.74) is 2.29. The van der Waals surface area contributed by atoms with E-state index in [-0.39, 0.29) is 34.5 Å². The number of nitrogens with zero attached hydrogens (tertiary/aromatic N) is 2. The summed E-state index contributed by atoms with van der Waals surface area (Å²) in [4.78, 5) is 12.9. The highest BCUT2D eigenvalue weighted by Crippen LogP contribution is 2.32. The van der Waals surface area contributed by atoms with Gasteiger partial charge < -0.3 is 10.1 Å². The molecule has 0 saturated heterocycles. The molecular formula is C26H23F2N3O4S. The minimum Gasteiger partial charge on any atom is -0.455 e. The molecule has 0 aliphatic carbocycles. The molecule has 186 valence electrons. The molecule has 0 unspecified atom stereocenters. The van der Waals surface area contributed by atoms with Crippen LogP contribution in [0.25, 0.3) is 5.69 Å². The van der Waals surface area contributed by atoms with Crippen molar-refractivity contribution in [2.24, 2.45) is 0 Å². The third kappa shape index (κ3) is 5.95. The summed E-state index contributed by atoms with van der Waals surface area (Å²) in [5, 5.41) is 7.12. The van der Waals surface area contributed by atoms with Gasteiger partial charge in [0.2, 0.25) is 5.91 Å². The van der Waals surface area contributed by atoms with E-state index in [0.717, 1.165) is 23.9 Å². The lowest BCUT2D eigenvalue weighted by Crippen LogP contribution is -2.15. The number of carbonyl (C=O) groups excluding carboxylic acids is 1. The zero-order chi connectivity index (χ0) is 25.9. The fourth-order valence-electron chi connectivity index (χ4n) is 3.50. The fourth-order valence-corrected chi connectivity index (χ4v) is 4.38. The first-order valence-electron chi connectivity index (χ1n) is 11.0. The molecule has 0 bridgehead atoms. The highest BCUT2D eigenvalue weighted by molar-refractivity contribution is 7.91. The predicted octanol–water partition coefficient (Wildman–Crippen LogP) is 5.23. The van der Waals surface area contributed by atoms with Crippen molar-refractivity contribution in [3.8, 4) is 17.2 Å². The molecule has 1 N–H and O–H groups in total. The van der Waals surface area contributed by atoms with Gasteiger partial charge in [-0.2, -0.15) is 5.10 Å².